The maximum absolute atomic E-state index is 13.7. The number of hydrogen-bond acceptors (Lipinski definition) is 5. The van der Waals surface area contributed by atoms with Crippen molar-refractivity contribution in [3.05, 3.63) is 63.0 Å². The minimum Gasteiger partial charge on any atom is -0.346 e. The summed E-state index contributed by atoms with van der Waals surface area (Å²) in [6, 6.07) is 7.29. The number of amides is 1. The number of nitrogens with one attached hydrogen (secondary N) is 2. The van der Waals surface area contributed by atoms with Gasteiger partial charge in [0.2, 0.25) is 5.95 Å². The first-order valence-corrected chi connectivity index (χ1v) is 10.0. The van der Waals surface area contributed by atoms with E-state index in [2.05, 4.69) is 62.0 Å². The minimum absolute atomic E-state index is 0. The van der Waals surface area contributed by atoms with Gasteiger partial charge in [-0.1, -0.05) is 13.8 Å². The second-order valence-electron chi connectivity index (χ2n) is 5.93. The van der Waals surface area contributed by atoms with Crippen molar-refractivity contribution in [1.29, 1.82) is 0 Å². The van der Waals surface area contributed by atoms with E-state index in [9.17, 15) is 9.18 Å². The molecule has 3 rings (SSSR count). The van der Waals surface area contributed by atoms with Crippen LogP contribution in [0.15, 0.2) is 36.7 Å². The van der Waals surface area contributed by atoms with E-state index in [1.807, 2.05) is 18.2 Å². The molecule has 0 bridgehead atoms. The zero-order chi connectivity index (χ0) is 20.5. The van der Waals surface area contributed by atoms with Crippen molar-refractivity contribution in [2.24, 2.45) is 0 Å². The predicted molar refractivity (Wildman–Crippen MR) is 131 cm³/mol. The third kappa shape index (κ3) is 8.25. The zero-order valence-electron chi connectivity index (χ0n) is 16.9. The van der Waals surface area contributed by atoms with Crippen LogP contribution in [-0.2, 0) is 6.54 Å². The molecule has 2 N–H and O–H groups in total. The van der Waals surface area contributed by atoms with Crippen LogP contribution >= 0.6 is 47.4 Å². The van der Waals surface area contributed by atoms with Gasteiger partial charge in [0.05, 0.1) is 17.2 Å². The van der Waals surface area contributed by atoms with Crippen molar-refractivity contribution in [3.8, 4) is 0 Å². The van der Waals surface area contributed by atoms with Gasteiger partial charge in [-0.15, -0.1) is 24.8 Å². The van der Waals surface area contributed by atoms with Crippen molar-refractivity contribution in [2.75, 3.05) is 13.1 Å². The summed E-state index contributed by atoms with van der Waals surface area (Å²) in [5.74, 6) is -0.981. The van der Waals surface area contributed by atoms with Crippen molar-refractivity contribution in [3.63, 3.8) is 0 Å². The third-order valence-corrected chi connectivity index (χ3v) is 4.57. The summed E-state index contributed by atoms with van der Waals surface area (Å²) < 4.78 is 14.7. The summed E-state index contributed by atoms with van der Waals surface area (Å²) in [5, 5.41) is 5.76. The van der Waals surface area contributed by atoms with Crippen molar-refractivity contribution >= 4 is 64.3 Å². The highest BCUT2D eigenvalue weighted by atomic mass is 127. The number of aromatic nitrogens is 3. The van der Waals surface area contributed by atoms with Gasteiger partial charge in [0, 0.05) is 21.9 Å². The van der Waals surface area contributed by atoms with E-state index in [0.29, 0.717) is 11.1 Å². The van der Waals surface area contributed by atoms with Crippen LogP contribution in [0.4, 0.5) is 4.39 Å². The number of pyridine rings is 1. The molecule has 0 unspecified atom stereocenters. The van der Waals surface area contributed by atoms with Gasteiger partial charge in [-0.05, 0) is 72.4 Å². The quantitative estimate of drug-likeness (QED) is 0.351. The number of carbonyl (C=O) groups excluding carboxylic acids is 1. The van der Waals surface area contributed by atoms with Crippen LogP contribution in [0.1, 0.15) is 35.5 Å². The van der Waals surface area contributed by atoms with Crippen LogP contribution in [-0.4, -0.2) is 33.9 Å². The van der Waals surface area contributed by atoms with Gasteiger partial charge in [0.15, 0.2) is 0 Å². The standard InChI is InChI=1S/C16H12FIN4O.C4H11N.2ClH/c1-9-4-5-19-15(17)11(9)7-21-16(23)14-8-20-13-6-10(18)2-3-12(13)22-14;1-3-5-4-2;;/h2-6,8H,7H2,1H3,(H,21,23);5H,3-4H2,1-2H3;2*1H. The molecule has 2 heterocycles. The lowest BCUT2D eigenvalue weighted by atomic mass is 10.1. The Morgan fingerprint density at radius 2 is 1.80 bits per heavy atom. The van der Waals surface area contributed by atoms with E-state index in [-0.39, 0.29) is 37.1 Å². The van der Waals surface area contributed by atoms with Gasteiger partial charge in [-0.25, -0.2) is 9.97 Å². The van der Waals surface area contributed by atoms with Crippen LogP contribution in [0.3, 0.4) is 0 Å². The first kappa shape index (κ1) is 28.4. The van der Waals surface area contributed by atoms with Gasteiger partial charge < -0.3 is 10.6 Å². The second-order valence-corrected chi connectivity index (χ2v) is 7.17. The molecule has 0 saturated carbocycles. The number of aryl methyl sites for hydroxylation is 1. The number of benzene rings is 1. The number of hydrogen-bond donors (Lipinski definition) is 2. The highest BCUT2D eigenvalue weighted by Gasteiger charge is 2.12. The van der Waals surface area contributed by atoms with E-state index in [4.69, 9.17) is 0 Å². The molecule has 0 saturated heterocycles. The molecule has 30 heavy (non-hydrogen) atoms. The minimum atomic E-state index is -0.579. The molecule has 6 nitrogen and oxygen atoms in total. The Morgan fingerprint density at radius 3 is 2.40 bits per heavy atom. The smallest absolute Gasteiger partial charge is 0.271 e. The summed E-state index contributed by atoms with van der Waals surface area (Å²) in [4.78, 5) is 24.3. The molecule has 164 valence electrons. The van der Waals surface area contributed by atoms with Gasteiger partial charge in [-0.3, -0.25) is 9.78 Å². The van der Waals surface area contributed by atoms with Crippen LogP contribution in [0, 0.1) is 16.4 Å². The molecular weight excluding hydrogens is 543 g/mol. The SMILES string of the molecule is CCNCC.Cc1ccnc(F)c1CNC(=O)c1cnc2cc(I)ccc2n1.Cl.Cl. The van der Waals surface area contributed by atoms with Gasteiger partial charge in [0.25, 0.3) is 5.91 Å². The fraction of sp³-hybridized carbons (Fsp3) is 0.300. The zero-order valence-corrected chi connectivity index (χ0v) is 20.7. The Balaban J connectivity index is 0.00000108. The van der Waals surface area contributed by atoms with Crippen LogP contribution in [0.5, 0.6) is 0 Å². The lowest BCUT2D eigenvalue weighted by Gasteiger charge is -2.08. The van der Waals surface area contributed by atoms with Crippen LogP contribution in [0.2, 0.25) is 0 Å². The molecule has 0 aliphatic heterocycles. The van der Waals surface area contributed by atoms with Crippen molar-refractivity contribution in [2.45, 2.75) is 27.3 Å². The molecule has 0 spiro atoms. The molecule has 0 atom stereocenters. The summed E-state index contributed by atoms with van der Waals surface area (Å²) in [6.07, 6.45) is 2.81. The lowest BCUT2D eigenvalue weighted by Crippen LogP contribution is -2.25. The van der Waals surface area contributed by atoms with E-state index in [0.717, 1.165) is 27.7 Å². The first-order chi connectivity index (χ1) is 13.5. The van der Waals surface area contributed by atoms with E-state index < -0.39 is 11.9 Å². The number of halogens is 4. The van der Waals surface area contributed by atoms with Gasteiger partial charge >= 0.3 is 0 Å². The van der Waals surface area contributed by atoms with Gasteiger partial charge in [0.1, 0.15) is 5.69 Å². The Bertz CT molecular complexity index is 939. The van der Waals surface area contributed by atoms with E-state index in [1.54, 1.807) is 13.0 Å². The summed E-state index contributed by atoms with van der Waals surface area (Å²) in [6.45, 7) is 8.21. The van der Waals surface area contributed by atoms with E-state index >= 15 is 0 Å². The average molecular weight is 568 g/mol. The molecular formula is C20H25Cl2FIN5O. The topological polar surface area (TPSA) is 79.8 Å². The highest BCUT2D eigenvalue weighted by Crippen LogP contribution is 2.14. The Hall–Kier alpha value is -1.62. The molecule has 1 aromatic carbocycles. The number of carbonyl (C=O) groups is 1. The Labute approximate surface area is 201 Å². The fourth-order valence-electron chi connectivity index (χ4n) is 2.37. The summed E-state index contributed by atoms with van der Waals surface area (Å²) in [5.41, 5.74) is 2.66. The number of nitrogens with zero attached hydrogens (tertiary/aromatic N) is 3. The Morgan fingerprint density at radius 1 is 1.10 bits per heavy atom. The van der Waals surface area contributed by atoms with Crippen molar-refractivity contribution in [1.82, 2.24) is 25.6 Å². The maximum atomic E-state index is 13.7. The molecule has 0 radical (unpaired) electrons. The Kier molecular flexibility index (Phi) is 13.6. The summed E-state index contributed by atoms with van der Waals surface area (Å²) in [7, 11) is 0. The van der Waals surface area contributed by atoms with E-state index in [1.165, 1.54) is 12.4 Å². The summed E-state index contributed by atoms with van der Waals surface area (Å²) >= 11 is 2.19. The molecule has 0 aliphatic carbocycles. The number of rotatable bonds is 5. The number of fused-ring (bicyclic) bond motifs is 1. The van der Waals surface area contributed by atoms with Crippen LogP contribution < -0.4 is 10.6 Å². The molecule has 2 aromatic heterocycles. The monoisotopic (exact) mass is 567 g/mol. The fourth-order valence-corrected chi connectivity index (χ4v) is 2.85. The normalized spacial score (nSPS) is 9.63. The highest BCUT2D eigenvalue weighted by molar-refractivity contribution is 14.1. The lowest BCUT2D eigenvalue weighted by molar-refractivity contribution is 0.0945. The van der Waals surface area contributed by atoms with Crippen LogP contribution in [0.25, 0.3) is 11.0 Å². The molecule has 0 aliphatic rings. The van der Waals surface area contributed by atoms with Gasteiger partial charge in [-0.2, -0.15) is 4.39 Å². The molecule has 3 aromatic rings. The molecule has 1 amide bonds. The molecule has 0 fully saturated rings. The first-order valence-electron chi connectivity index (χ1n) is 8.97. The maximum Gasteiger partial charge on any atom is 0.271 e. The predicted octanol–water partition coefficient (Wildman–Crippen LogP) is 4.47. The molecule has 10 heteroatoms. The second kappa shape index (κ2) is 14.4. The van der Waals surface area contributed by atoms with Crippen molar-refractivity contribution < 1.29 is 9.18 Å². The third-order valence-electron chi connectivity index (χ3n) is 3.90. The largest absolute Gasteiger partial charge is 0.346 e. The average Bonchev–Trinajstić information content (AvgIpc) is 2.68.